The van der Waals surface area contributed by atoms with Crippen molar-refractivity contribution in [1.82, 2.24) is 20.9 Å². The Morgan fingerprint density at radius 2 is 1.96 bits per heavy atom. The fourth-order valence-electron chi connectivity index (χ4n) is 3.87. The molecule has 1 unspecified atom stereocenters. The van der Waals surface area contributed by atoms with Gasteiger partial charge in [0.25, 0.3) is 0 Å². The summed E-state index contributed by atoms with van der Waals surface area (Å²) in [6, 6.07) is 0. The molecule has 0 aliphatic heterocycles. The number of hydrogen-bond acceptors (Lipinski definition) is 6. The van der Waals surface area contributed by atoms with Gasteiger partial charge in [0.2, 0.25) is 17.7 Å². The molecule has 2 aliphatic carbocycles. The van der Waals surface area contributed by atoms with Gasteiger partial charge in [-0.1, -0.05) is 50.1 Å². The van der Waals surface area contributed by atoms with Crippen LogP contribution in [-0.4, -0.2) is 27.2 Å². The average molecular weight is 378 g/mol. The normalized spacial score (nSPS) is 18.9. The summed E-state index contributed by atoms with van der Waals surface area (Å²) < 4.78 is 5.35. The van der Waals surface area contributed by atoms with Gasteiger partial charge in [0.05, 0.1) is 6.54 Å². The summed E-state index contributed by atoms with van der Waals surface area (Å²) in [7, 11) is 0. The zero-order valence-corrected chi connectivity index (χ0v) is 15.8. The minimum Gasteiger partial charge on any atom is -0.348 e. The van der Waals surface area contributed by atoms with E-state index in [2.05, 4.69) is 15.5 Å². The van der Waals surface area contributed by atoms with Gasteiger partial charge in [-0.15, -0.1) is 0 Å². The minimum absolute atomic E-state index is 0.0324. The number of amides is 2. The highest BCUT2D eigenvalue weighted by Gasteiger charge is 2.29. The van der Waals surface area contributed by atoms with E-state index < -0.39 is 5.91 Å². The highest BCUT2D eigenvalue weighted by Crippen LogP contribution is 2.31. The molecule has 1 aromatic rings. The third-order valence-electron chi connectivity index (χ3n) is 5.65. The molecule has 0 radical (unpaired) electrons. The fraction of sp³-hybridized carbons (Fsp3) is 0.789. The number of nitrogens with one attached hydrogen (secondary N) is 2. The van der Waals surface area contributed by atoms with Crippen LogP contribution in [0.2, 0.25) is 0 Å². The van der Waals surface area contributed by atoms with Crippen molar-refractivity contribution in [3.8, 4) is 0 Å². The second kappa shape index (κ2) is 9.82. The molecule has 2 aliphatic rings. The number of hydroxylamine groups is 1. The molecule has 3 N–H and O–H groups in total. The average Bonchev–Trinajstić information content (AvgIpc) is 3.44. The highest BCUT2D eigenvalue weighted by molar-refractivity contribution is 5.80. The Hall–Kier alpha value is -1.96. The summed E-state index contributed by atoms with van der Waals surface area (Å²) >= 11 is 0. The molecule has 0 saturated heterocycles. The number of hydrogen-bond donors (Lipinski definition) is 3. The van der Waals surface area contributed by atoms with Crippen molar-refractivity contribution in [2.24, 2.45) is 11.8 Å². The number of rotatable bonds is 10. The molecular weight excluding hydrogens is 348 g/mol. The maximum Gasteiger partial charge on any atom is 0.244 e. The van der Waals surface area contributed by atoms with Crippen LogP contribution >= 0.6 is 0 Å². The van der Waals surface area contributed by atoms with Gasteiger partial charge < -0.3 is 9.84 Å². The summed E-state index contributed by atoms with van der Waals surface area (Å²) in [5, 5.41) is 15.6. The van der Waals surface area contributed by atoms with Crippen LogP contribution < -0.4 is 10.8 Å². The number of aromatic nitrogens is 2. The zero-order valence-electron chi connectivity index (χ0n) is 15.8. The first-order chi connectivity index (χ1) is 13.2. The van der Waals surface area contributed by atoms with Crippen molar-refractivity contribution >= 4 is 11.8 Å². The van der Waals surface area contributed by atoms with E-state index in [-0.39, 0.29) is 30.7 Å². The Bertz CT molecular complexity index is 623. The van der Waals surface area contributed by atoms with Crippen LogP contribution in [0.15, 0.2) is 4.52 Å². The highest BCUT2D eigenvalue weighted by atomic mass is 16.5. The summed E-state index contributed by atoms with van der Waals surface area (Å²) in [6.45, 7) is 0.236. The maximum atomic E-state index is 11.7. The van der Waals surface area contributed by atoms with Gasteiger partial charge >= 0.3 is 0 Å². The molecule has 2 saturated carbocycles. The van der Waals surface area contributed by atoms with Gasteiger partial charge in [0.1, 0.15) is 0 Å². The van der Waals surface area contributed by atoms with Crippen LogP contribution in [0, 0.1) is 11.8 Å². The summed E-state index contributed by atoms with van der Waals surface area (Å²) in [5.74, 6) is 1.09. The van der Waals surface area contributed by atoms with E-state index in [9.17, 15) is 9.59 Å². The molecule has 150 valence electrons. The van der Waals surface area contributed by atoms with Crippen LogP contribution in [0.4, 0.5) is 0 Å². The van der Waals surface area contributed by atoms with Gasteiger partial charge in [0.15, 0.2) is 5.82 Å². The molecule has 1 aromatic heterocycles. The Labute approximate surface area is 159 Å². The number of nitrogens with zero attached hydrogens (tertiary/aromatic N) is 2. The molecule has 8 heteroatoms. The van der Waals surface area contributed by atoms with Crippen molar-refractivity contribution < 1.29 is 19.3 Å². The van der Waals surface area contributed by atoms with E-state index in [0.717, 1.165) is 38.0 Å². The third kappa shape index (κ3) is 6.30. The first-order valence-corrected chi connectivity index (χ1v) is 10.2. The molecule has 0 spiro atoms. The first-order valence-electron chi connectivity index (χ1n) is 10.2. The van der Waals surface area contributed by atoms with Gasteiger partial charge in [-0.05, 0) is 25.2 Å². The second-order valence-corrected chi connectivity index (χ2v) is 7.91. The molecule has 3 rings (SSSR count). The summed E-state index contributed by atoms with van der Waals surface area (Å²) in [4.78, 5) is 27.7. The molecule has 2 amide bonds. The Morgan fingerprint density at radius 3 is 2.67 bits per heavy atom. The molecule has 27 heavy (non-hydrogen) atoms. The van der Waals surface area contributed by atoms with E-state index in [1.54, 1.807) is 5.48 Å². The predicted octanol–water partition coefficient (Wildman–Crippen LogP) is 2.83. The number of carbonyl (C=O) groups is 2. The summed E-state index contributed by atoms with van der Waals surface area (Å²) in [5.41, 5.74) is 1.69. The Morgan fingerprint density at radius 1 is 1.19 bits per heavy atom. The van der Waals surface area contributed by atoms with E-state index in [0.29, 0.717) is 11.7 Å². The van der Waals surface area contributed by atoms with E-state index >= 15 is 0 Å². The quantitative estimate of drug-likeness (QED) is 0.426. The van der Waals surface area contributed by atoms with Gasteiger partial charge in [0, 0.05) is 18.3 Å². The van der Waals surface area contributed by atoms with Crippen LogP contribution in [0.3, 0.4) is 0 Å². The van der Waals surface area contributed by atoms with Crippen molar-refractivity contribution in [3.05, 3.63) is 11.7 Å². The van der Waals surface area contributed by atoms with Gasteiger partial charge in [-0.25, -0.2) is 5.48 Å². The predicted molar refractivity (Wildman–Crippen MR) is 96.6 cm³/mol. The van der Waals surface area contributed by atoms with Crippen molar-refractivity contribution in [2.75, 3.05) is 0 Å². The Kier molecular flexibility index (Phi) is 7.20. The van der Waals surface area contributed by atoms with E-state index in [1.807, 2.05) is 0 Å². The molecule has 8 nitrogen and oxygen atoms in total. The largest absolute Gasteiger partial charge is 0.348 e. The monoisotopic (exact) mass is 378 g/mol. The molecular formula is C19H30N4O4. The first kappa shape index (κ1) is 19.8. The van der Waals surface area contributed by atoms with Gasteiger partial charge in [-0.2, -0.15) is 4.98 Å². The van der Waals surface area contributed by atoms with E-state index in [4.69, 9.17) is 9.73 Å². The third-order valence-corrected chi connectivity index (χ3v) is 5.65. The second-order valence-electron chi connectivity index (χ2n) is 7.91. The Balaban J connectivity index is 1.51. The standard InChI is InChI=1S/C19H30N4O4/c24-17(22-26)11-15(8-4-7-13-5-2-1-3-6-13)19-21-16(23-27-19)12-20-18(25)14-9-10-14/h13-15,26H,1-12H2,(H,20,25)(H,22,24). The van der Waals surface area contributed by atoms with Crippen LogP contribution in [0.25, 0.3) is 0 Å². The molecule has 2 fully saturated rings. The van der Waals surface area contributed by atoms with Crippen LogP contribution in [-0.2, 0) is 16.1 Å². The lowest BCUT2D eigenvalue weighted by Gasteiger charge is -2.22. The topological polar surface area (TPSA) is 117 Å². The summed E-state index contributed by atoms with van der Waals surface area (Å²) in [6.07, 6.45) is 11.5. The molecule has 1 atom stereocenters. The lowest BCUT2D eigenvalue weighted by molar-refractivity contribution is -0.129. The van der Waals surface area contributed by atoms with Crippen molar-refractivity contribution in [2.45, 2.75) is 83.1 Å². The van der Waals surface area contributed by atoms with Crippen molar-refractivity contribution in [3.63, 3.8) is 0 Å². The van der Waals surface area contributed by atoms with Crippen LogP contribution in [0.5, 0.6) is 0 Å². The lowest BCUT2D eigenvalue weighted by atomic mass is 9.84. The van der Waals surface area contributed by atoms with E-state index in [1.165, 1.54) is 32.1 Å². The number of carbonyl (C=O) groups excluding carboxylic acids is 2. The van der Waals surface area contributed by atoms with Crippen LogP contribution in [0.1, 0.15) is 88.3 Å². The molecule has 0 bridgehead atoms. The SMILES string of the molecule is O=C(CC(CCCC1CCCCC1)c1nc(CNC(=O)C2CC2)no1)NO. The minimum atomic E-state index is -0.459. The van der Waals surface area contributed by atoms with Gasteiger partial charge in [-0.3, -0.25) is 14.8 Å². The molecule has 1 heterocycles. The fourth-order valence-corrected chi connectivity index (χ4v) is 3.87. The smallest absolute Gasteiger partial charge is 0.244 e. The maximum absolute atomic E-state index is 11.7. The zero-order chi connectivity index (χ0) is 19.1. The molecule has 0 aromatic carbocycles. The van der Waals surface area contributed by atoms with Crippen molar-refractivity contribution in [1.29, 1.82) is 0 Å². The lowest BCUT2D eigenvalue weighted by Crippen LogP contribution is -2.24.